The molecule has 0 radical (unpaired) electrons. The zero-order valence-corrected chi connectivity index (χ0v) is 18.9. The number of ether oxygens (including phenoxy) is 1. The highest BCUT2D eigenvalue weighted by atomic mass is 127. The molecule has 0 amide bonds. The maximum atomic E-state index is 14.2. The Morgan fingerprint density at radius 3 is 2.59 bits per heavy atom. The number of likely N-dealkylation sites (N-methyl/N-ethyl adjacent to an activating group) is 1. The van der Waals surface area contributed by atoms with Gasteiger partial charge in [-0.3, -0.25) is 4.99 Å². The van der Waals surface area contributed by atoms with E-state index in [0.717, 1.165) is 38.7 Å². The van der Waals surface area contributed by atoms with Crippen LogP contribution in [0, 0.1) is 17.6 Å². The van der Waals surface area contributed by atoms with E-state index in [2.05, 4.69) is 15.2 Å². The minimum Gasteiger partial charge on any atom is -0.381 e. The second kappa shape index (κ2) is 11.8. The number of benzene rings is 1. The number of likely N-dealkylation sites (tertiary alicyclic amines) is 1. The first-order valence-electron chi connectivity index (χ1n) is 9.11. The summed E-state index contributed by atoms with van der Waals surface area (Å²) in [5.74, 6) is 0.187. The molecular weight excluding hydrogens is 465 g/mol. The lowest BCUT2D eigenvalue weighted by Crippen LogP contribution is -2.44. The van der Waals surface area contributed by atoms with Gasteiger partial charge in [0.05, 0.1) is 12.6 Å². The molecule has 5 nitrogen and oxygen atoms in total. The Labute approximate surface area is 178 Å². The number of halogens is 3. The summed E-state index contributed by atoms with van der Waals surface area (Å²) in [6.45, 7) is 5.62. The van der Waals surface area contributed by atoms with Crippen LogP contribution in [0.25, 0.3) is 0 Å². The van der Waals surface area contributed by atoms with Crippen LogP contribution in [0.3, 0.4) is 0 Å². The van der Waals surface area contributed by atoms with Crippen molar-refractivity contribution < 1.29 is 13.5 Å². The molecule has 1 N–H and O–H groups in total. The molecule has 0 aromatic heterocycles. The lowest BCUT2D eigenvalue weighted by molar-refractivity contribution is 0.114. The van der Waals surface area contributed by atoms with Crippen LogP contribution in [-0.4, -0.2) is 69.8 Å². The Morgan fingerprint density at radius 2 is 2.04 bits per heavy atom. The number of aliphatic imine (C=N–C) groups is 1. The molecule has 8 heteroatoms. The summed E-state index contributed by atoms with van der Waals surface area (Å²) in [5.41, 5.74) is 0.0797. The van der Waals surface area contributed by atoms with E-state index in [1.165, 1.54) is 18.2 Å². The number of guanidine groups is 1. The fraction of sp³-hybridized carbons (Fsp3) is 0.632. The van der Waals surface area contributed by atoms with Crippen LogP contribution in [-0.2, 0) is 4.74 Å². The average molecular weight is 496 g/mol. The third kappa shape index (κ3) is 6.53. The summed E-state index contributed by atoms with van der Waals surface area (Å²) < 4.78 is 33.9. The summed E-state index contributed by atoms with van der Waals surface area (Å²) >= 11 is 0. The Kier molecular flexibility index (Phi) is 10.5. The molecule has 1 aromatic carbocycles. The van der Waals surface area contributed by atoms with Crippen molar-refractivity contribution >= 4 is 29.9 Å². The fourth-order valence-corrected chi connectivity index (χ4v) is 3.34. The molecule has 0 aliphatic carbocycles. The van der Waals surface area contributed by atoms with Crippen molar-refractivity contribution in [3.8, 4) is 0 Å². The van der Waals surface area contributed by atoms with E-state index < -0.39 is 17.7 Å². The van der Waals surface area contributed by atoms with Crippen molar-refractivity contribution in [2.75, 3.05) is 54.0 Å². The molecule has 0 bridgehead atoms. The van der Waals surface area contributed by atoms with Gasteiger partial charge in [-0.25, -0.2) is 8.78 Å². The van der Waals surface area contributed by atoms with Gasteiger partial charge in [0.15, 0.2) is 5.96 Å². The number of hydrogen-bond donors (Lipinski definition) is 1. The number of nitrogens with zero attached hydrogens (tertiary/aromatic N) is 3. The highest BCUT2D eigenvalue weighted by molar-refractivity contribution is 14.0. The second-order valence-corrected chi connectivity index (χ2v) is 6.80. The topological polar surface area (TPSA) is 40.1 Å². The predicted molar refractivity (Wildman–Crippen MR) is 116 cm³/mol. The Balaban J connectivity index is 0.00000364. The first-order chi connectivity index (χ1) is 12.5. The van der Waals surface area contributed by atoms with Gasteiger partial charge in [-0.2, -0.15) is 0 Å². The van der Waals surface area contributed by atoms with Gasteiger partial charge in [0.25, 0.3) is 0 Å². The van der Waals surface area contributed by atoms with E-state index in [4.69, 9.17) is 4.74 Å². The highest BCUT2D eigenvalue weighted by Crippen LogP contribution is 2.24. The van der Waals surface area contributed by atoms with Crippen molar-refractivity contribution in [2.24, 2.45) is 10.9 Å². The van der Waals surface area contributed by atoms with Gasteiger partial charge in [-0.1, -0.05) is 6.07 Å². The molecule has 154 valence electrons. The van der Waals surface area contributed by atoms with E-state index in [1.54, 1.807) is 7.05 Å². The van der Waals surface area contributed by atoms with Crippen molar-refractivity contribution in [1.29, 1.82) is 0 Å². The number of nitrogens with one attached hydrogen (secondary N) is 1. The normalized spacial score (nSPS) is 18.6. The fourth-order valence-electron chi connectivity index (χ4n) is 3.34. The van der Waals surface area contributed by atoms with Crippen molar-refractivity contribution in [2.45, 2.75) is 19.4 Å². The molecule has 0 spiro atoms. The zero-order valence-electron chi connectivity index (χ0n) is 16.5. The van der Waals surface area contributed by atoms with Crippen molar-refractivity contribution in [3.05, 3.63) is 35.4 Å². The maximum Gasteiger partial charge on any atom is 0.193 e. The van der Waals surface area contributed by atoms with Crippen LogP contribution in [0.5, 0.6) is 0 Å². The average Bonchev–Trinajstić information content (AvgIpc) is 3.07. The van der Waals surface area contributed by atoms with Crippen molar-refractivity contribution in [3.63, 3.8) is 0 Å². The molecule has 1 fully saturated rings. The predicted octanol–water partition coefficient (Wildman–Crippen LogP) is 3.12. The molecule has 1 saturated heterocycles. The minimum absolute atomic E-state index is 0. The molecule has 1 aliphatic heterocycles. The Bertz CT molecular complexity index is 595. The standard InChI is InChI=1S/C19H30F2N4O.HI/c1-5-26-13-14-9-10-25(12-14)19(22-2)23-11-17(24(3)4)18-15(20)7-6-8-16(18)21;/h6-8,14,17H,5,9-13H2,1-4H3,(H,22,23);1H. The molecule has 1 aromatic rings. The Hall–Kier alpha value is -1.000. The van der Waals surface area contributed by atoms with Crippen LogP contribution in [0.1, 0.15) is 24.9 Å². The van der Waals surface area contributed by atoms with Gasteiger partial charge in [-0.15, -0.1) is 24.0 Å². The smallest absolute Gasteiger partial charge is 0.193 e. The quantitative estimate of drug-likeness (QED) is 0.358. The third-order valence-corrected chi connectivity index (χ3v) is 4.76. The van der Waals surface area contributed by atoms with Crippen LogP contribution in [0.4, 0.5) is 8.78 Å². The molecule has 2 unspecified atom stereocenters. The van der Waals surface area contributed by atoms with E-state index in [9.17, 15) is 8.78 Å². The second-order valence-electron chi connectivity index (χ2n) is 6.80. The van der Waals surface area contributed by atoms with Gasteiger partial charge in [-0.05, 0) is 39.6 Å². The molecule has 1 heterocycles. The summed E-state index contributed by atoms with van der Waals surface area (Å²) in [6.07, 6.45) is 1.06. The summed E-state index contributed by atoms with van der Waals surface area (Å²) in [6, 6.07) is 3.54. The van der Waals surface area contributed by atoms with Crippen LogP contribution in [0.2, 0.25) is 0 Å². The zero-order chi connectivity index (χ0) is 19.1. The summed E-state index contributed by atoms with van der Waals surface area (Å²) in [5, 5.41) is 3.28. The van der Waals surface area contributed by atoms with Crippen LogP contribution in [0.15, 0.2) is 23.2 Å². The first-order valence-corrected chi connectivity index (χ1v) is 9.11. The third-order valence-electron chi connectivity index (χ3n) is 4.76. The highest BCUT2D eigenvalue weighted by Gasteiger charge is 2.27. The molecule has 2 rings (SSSR count). The molecule has 2 atom stereocenters. The van der Waals surface area contributed by atoms with Crippen LogP contribution >= 0.6 is 24.0 Å². The SMILES string of the molecule is CCOCC1CCN(C(=NC)NCC(c2c(F)cccc2F)N(C)C)C1.I. The molecule has 1 aliphatic rings. The lowest BCUT2D eigenvalue weighted by Gasteiger charge is -2.28. The van der Waals surface area contributed by atoms with Crippen LogP contribution < -0.4 is 5.32 Å². The number of rotatable bonds is 7. The monoisotopic (exact) mass is 496 g/mol. The van der Waals surface area contributed by atoms with E-state index in [-0.39, 0.29) is 29.5 Å². The number of hydrogen-bond acceptors (Lipinski definition) is 3. The molecule has 0 saturated carbocycles. The van der Waals surface area contributed by atoms with Crippen molar-refractivity contribution in [1.82, 2.24) is 15.1 Å². The van der Waals surface area contributed by atoms with Gasteiger partial charge in [0.1, 0.15) is 11.6 Å². The van der Waals surface area contributed by atoms with E-state index in [1.807, 2.05) is 25.9 Å². The van der Waals surface area contributed by atoms with E-state index in [0.29, 0.717) is 12.5 Å². The van der Waals surface area contributed by atoms with Gasteiger partial charge in [0, 0.05) is 44.8 Å². The minimum atomic E-state index is -0.529. The molecule has 27 heavy (non-hydrogen) atoms. The van der Waals surface area contributed by atoms with Gasteiger partial charge < -0.3 is 19.9 Å². The summed E-state index contributed by atoms with van der Waals surface area (Å²) in [4.78, 5) is 8.32. The van der Waals surface area contributed by atoms with Gasteiger partial charge in [0.2, 0.25) is 0 Å². The maximum absolute atomic E-state index is 14.2. The molecular formula is C19H31F2IN4O. The lowest BCUT2D eigenvalue weighted by atomic mass is 10.0. The largest absolute Gasteiger partial charge is 0.381 e. The Morgan fingerprint density at radius 1 is 1.37 bits per heavy atom. The van der Waals surface area contributed by atoms with E-state index >= 15 is 0 Å². The summed E-state index contributed by atoms with van der Waals surface area (Å²) in [7, 11) is 5.36. The van der Waals surface area contributed by atoms with Gasteiger partial charge >= 0.3 is 0 Å². The first kappa shape index (κ1) is 24.0.